The fourth-order valence-corrected chi connectivity index (χ4v) is 1.63. The van der Waals surface area contributed by atoms with Gasteiger partial charge in [-0.2, -0.15) is 5.23 Å². The molecule has 1 aromatic carbocycles. The topological polar surface area (TPSA) is 117 Å². The van der Waals surface area contributed by atoms with Crippen LogP contribution in [-0.4, -0.2) is 34.0 Å². The molecule has 0 fully saturated rings. The lowest BCUT2D eigenvalue weighted by Gasteiger charge is -2.23. The third-order valence-electron chi connectivity index (χ3n) is 2.93. The summed E-state index contributed by atoms with van der Waals surface area (Å²) in [4.78, 5) is 11.6. The molecule has 112 valence electrons. The Hall–Kier alpha value is -1.51. The molecule has 7 nitrogen and oxygen atoms in total. The number of aliphatic hydroxyl groups excluding tert-OH is 2. The number of benzene rings is 1. The van der Waals surface area contributed by atoms with Gasteiger partial charge in [-0.3, -0.25) is 4.79 Å². The van der Waals surface area contributed by atoms with Crippen molar-refractivity contribution >= 4 is 11.6 Å². The van der Waals surface area contributed by atoms with Crippen molar-refractivity contribution in [2.75, 3.05) is 6.61 Å². The van der Waals surface area contributed by atoms with Crippen LogP contribution in [0.1, 0.15) is 25.5 Å². The van der Waals surface area contributed by atoms with Gasteiger partial charge < -0.3 is 20.7 Å². The molecule has 3 atom stereocenters. The van der Waals surface area contributed by atoms with Crippen LogP contribution in [0.2, 0.25) is 0 Å². The van der Waals surface area contributed by atoms with Crippen LogP contribution in [0.25, 0.3) is 0 Å². The average Bonchev–Trinajstić information content (AvgIpc) is 2.43. The van der Waals surface area contributed by atoms with Crippen LogP contribution >= 0.6 is 0 Å². The molecule has 0 saturated heterocycles. The smallest absolute Gasteiger partial charge is 0.222 e. The molecule has 20 heavy (non-hydrogen) atoms. The van der Waals surface area contributed by atoms with E-state index in [9.17, 15) is 20.2 Å². The lowest BCUT2D eigenvalue weighted by molar-refractivity contribution is -0.991. The van der Waals surface area contributed by atoms with E-state index in [0.717, 1.165) is 0 Å². The SMILES string of the molecule is CC(C)C(=O)NC(CO)C(O)c1ccc([NH+]([O-])O)cc1. The number of nitrogens with one attached hydrogen (secondary N) is 2. The normalized spacial score (nSPS) is 15.8. The third kappa shape index (κ3) is 4.26. The van der Waals surface area contributed by atoms with Crippen molar-refractivity contribution in [1.82, 2.24) is 5.32 Å². The van der Waals surface area contributed by atoms with Crippen LogP contribution in [0.3, 0.4) is 0 Å². The van der Waals surface area contributed by atoms with Gasteiger partial charge in [0.05, 0.1) is 12.6 Å². The monoisotopic (exact) mass is 284 g/mol. The number of hydrogen-bond acceptors (Lipinski definition) is 5. The Kier molecular flexibility index (Phi) is 6.05. The first-order valence-corrected chi connectivity index (χ1v) is 6.29. The fraction of sp³-hybridized carbons (Fsp3) is 0.462. The molecule has 3 unspecified atom stereocenters. The van der Waals surface area contributed by atoms with Gasteiger partial charge in [0.15, 0.2) is 5.69 Å². The minimum atomic E-state index is -1.11. The van der Waals surface area contributed by atoms with E-state index < -0.39 is 24.0 Å². The maximum absolute atomic E-state index is 11.6. The second kappa shape index (κ2) is 7.32. The molecule has 7 heteroatoms. The number of amides is 1. The third-order valence-corrected chi connectivity index (χ3v) is 2.93. The van der Waals surface area contributed by atoms with E-state index in [1.54, 1.807) is 13.8 Å². The van der Waals surface area contributed by atoms with Crippen molar-refractivity contribution in [1.29, 1.82) is 0 Å². The standard InChI is InChI=1S/C13H20N2O5/c1-8(2)13(18)14-11(7-16)12(17)9-3-5-10(6-4-9)15(19)20/h3-6,8,11-12,15-17,19H,7H2,1-2H3,(H,14,18). The molecule has 1 amide bonds. The van der Waals surface area contributed by atoms with Gasteiger partial charge in [-0.25, -0.2) is 5.21 Å². The molecule has 0 heterocycles. The average molecular weight is 284 g/mol. The van der Waals surface area contributed by atoms with E-state index in [0.29, 0.717) is 5.56 Å². The summed E-state index contributed by atoms with van der Waals surface area (Å²) < 4.78 is 0. The largest absolute Gasteiger partial charge is 0.595 e. The molecule has 0 aliphatic heterocycles. The maximum Gasteiger partial charge on any atom is 0.222 e. The molecule has 1 aromatic rings. The van der Waals surface area contributed by atoms with Gasteiger partial charge in [-0.1, -0.05) is 26.0 Å². The van der Waals surface area contributed by atoms with Crippen LogP contribution in [-0.2, 0) is 4.79 Å². The van der Waals surface area contributed by atoms with Gasteiger partial charge in [0.1, 0.15) is 6.10 Å². The number of hydrogen-bond donors (Lipinski definition) is 5. The van der Waals surface area contributed by atoms with Crippen molar-refractivity contribution in [3.63, 3.8) is 0 Å². The first kappa shape index (κ1) is 16.5. The molecule has 0 aromatic heterocycles. The Morgan fingerprint density at radius 3 is 2.30 bits per heavy atom. The van der Waals surface area contributed by atoms with Crippen LogP contribution in [0.15, 0.2) is 24.3 Å². The molecular weight excluding hydrogens is 264 g/mol. The van der Waals surface area contributed by atoms with Gasteiger partial charge in [0.25, 0.3) is 0 Å². The van der Waals surface area contributed by atoms with Gasteiger partial charge >= 0.3 is 0 Å². The van der Waals surface area contributed by atoms with Crippen LogP contribution in [0.4, 0.5) is 5.69 Å². The van der Waals surface area contributed by atoms with E-state index in [1.807, 2.05) is 0 Å². The number of carbonyl (C=O) groups excluding carboxylic acids is 1. The lowest BCUT2D eigenvalue weighted by Crippen LogP contribution is -2.99. The molecule has 0 radical (unpaired) electrons. The van der Waals surface area contributed by atoms with E-state index in [2.05, 4.69) is 5.32 Å². The van der Waals surface area contributed by atoms with Crippen molar-refractivity contribution in [3.05, 3.63) is 35.0 Å². The minimum absolute atomic E-state index is 0.104. The lowest BCUT2D eigenvalue weighted by atomic mass is 10.0. The summed E-state index contributed by atoms with van der Waals surface area (Å²) in [7, 11) is 0. The minimum Gasteiger partial charge on any atom is -0.595 e. The van der Waals surface area contributed by atoms with Gasteiger partial charge in [0.2, 0.25) is 5.91 Å². The summed E-state index contributed by atoms with van der Waals surface area (Å²) in [5, 5.41) is 40.4. The highest BCUT2D eigenvalue weighted by molar-refractivity contribution is 5.78. The fourth-order valence-electron chi connectivity index (χ4n) is 1.63. The van der Waals surface area contributed by atoms with Crippen molar-refractivity contribution in [2.24, 2.45) is 5.92 Å². The quantitative estimate of drug-likeness (QED) is 0.441. The second-order valence-corrected chi connectivity index (χ2v) is 4.82. The van der Waals surface area contributed by atoms with E-state index >= 15 is 0 Å². The summed E-state index contributed by atoms with van der Waals surface area (Å²) >= 11 is 0. The van der Waals surface area contributed by atoms with Gasteiger partial charge in [0, 0.05) is 18.1 Å². The molecule has 0 aliphatic rings. The van der Waals surface area contributed by atoms with Crippen LogP contribution in [0.5, 0.6) is 0 Å². The molecule has 0 saturated carbocycles. The van der Waals surface area contributed by atoms with E-state index in [-0.39, 0.29) is 17.5 Å². The first-order chi connectivity index (χ1) is 9.36. The molecule has 0 aliphatic carbocycles. The zero-order valence-corrected chi connectivity index (χ0v) is 11.4. The molecular formula is C13H20N2O5. The highest BCUT2D eigenvalue weighted by Crippen LogP contribution is 2.18. The summed E-state index contributed by atoms with van der Waals surface area (Å²) in [5.41, 5.74) is 0.533. The summed E-state index contributed by atoms with van der Waals surface area (Å²) in [6.07, 6.45) is -1.11. The summed E-state index contributed by atoms with van der Waals surface area (Å²) in [6, 6.07) is 4.80. The molecule has 1 rings (SSSR count). The van der Waals surface area contributed by atoms with E-state index in [1.165, 1.54) is 24.3 Å². The maximum atomic E-state index is 11.6. The molecule has 5 N–H and O–H groups in total. The van der Waals surface area contributed by atoms with Crippen molar-refractivity contribution in [2.45, 2.75) is 26.0 Å². The Morgan fingerprint density at radius 1 is 1.35 bits per heavy atom. The summed E-state index contributed by atoms with van der Waals surface area (Å²) in [6.45, 7) is 3.00. The zero-order chi connectivity index (χ0) is 15.3. The Bertz CT molecular complexity index is 433. The molecule has 0 bridgehead atoms. The highest BCUT2D eigenvalue weighted by Gasteiger charge is 2.23. The van der Waals surface area contributed by atoms with Crippen molar-refractivity contribution in [3.8, 4) is 0 Å². The van der Waals surface area contributed by atoms with Crippen molar-refractivity contribution < 1.29 is 25.4 Å². The predicted molar refractivity (Wildman–Crippen MR) is 71.0 cm³/mol. The molecule has 0 spiro atoms. The predicted octanol–water partition coefficient (Wildman–Crippen LogP) is -0.743. The number of carbonyl (C=O) groups is 1. The Morgan fingerprint density at radius 2 is 1.90 bits per heavy atom. The first-order valence-electron chi connectivity index (χ1n) is 6.29. The van der Waals surface area contributed by atoms with Crippen LogP contribution < -0.4 is 10.5 Å². The Labute approximate surface area is 117 Å². The Balaban J connectivity index is 2.80. The van der Waals surface area contributed by atoms with Crippen LogP contribution in [0, 0.1) is 11.1 Å². The van der Waals surface area contributed by atoms with E-state index in [4.69, 9.17) is 5.21 Å². The summed E-state index contributed by atoms with van der Waals surface area (Å²) in [5.74, 6) is -0.532. The number of aliphatic hydroxyl groups is 2. The number of quaternary nitrogens is 1. The van der Waals surface area contributed by atoms with Gasteiger partial charge in [-0.15, -0.1) is 0 Å². The highest BCUT2D eigenvalue weighted by atomic mass is 16.8. The number of rotatable bonds is 6. The second-order valence-electron chi connectivity index (χ2n) is 4.82. The van der Waals surface area contributed by atoms with Gasteiger partial charge in [-0.05, 0) is 5.56 Å². The zero-order valence-electron chi connectivity index (χ0n) is 11.4.